The number of hydrogen-bond donors (Lipinski definition) is 4. The predicted molar refractivity (Wildman–Crippen MR) is 317 cm³/mol. The van der Waals surface area contributed by atoms with Gasteiger partial charge in [0.05, 0.1) is 48.5 Å². The van der Waals surface area contributed by atoms with Crippen LogP contribution in [0.25, 0.3) is 0 Å². The monoisotopic (exact) mass is 1170 g/mol. The summed E-state index contributed by atoms with van der Waals surface area (Å²) in [6.45, 7) is 6.36. The van der Waals surface area contributed by atoms with Gasteiger partial charge in [-0.2, -0.15) is 0 Å². The van der Waals surface area contributed by atoms with Crippen LogP contribution in [0.4, 0.5) is 0 Å². The number of hydrogen-bond acceptors (Lipinski definition) is 13. The molecule has 86 heavy (non-hydrogen) atoms. The lowest BCUT2D eigenvalue weighted by Gasteiger charge is -2.73. The number of aliphatic hydroxyl groups excluding tert-OH is 3. The number of fused-ring (bicyclic) bond motifs is 3. The standard InChI is InChI=1S/C73H94N2O11/c1-40(43-15-7-4-8-16-43)50-19-11-25-70-54(50)32-49-31-47-18-10-24-68(47)35-46-34-67(2)63(52-23-27-82-57(52)33-53(56(77)37-76)44-20-21-51-45(30-44)22-26-75-39-74-36-55(51)75)84-66(81)64-73(67,85-64)71(48-17-9-14-42(29-48)28-41-12-5-3-6-13-41)59(46)69(60(70)58(78)62(71)79)38-83-65(80)61(68)72(49,69)86-70/h3,5-6,12-13,22-23,26-27,32,40,42-48,50-51,53-56,59-64,74,76-77,79H,4,7-11,14-21,24-25,28-31,33-39H2,1-2H3/t40-,42-,44-,45-,46+,47+,48+,50+,51+,53+,54+,55+,56-,59-,60+,61+,62-,63+,64-,67+,68+,69-,70+,71+,72+,73-/m1/s1. The number of carbonyl (C=O) groups is 3. The first-order chi connectivity index (χ1) is 41.8. The molecule has 462 valence electrons. The molecule has 5 saturated heterocycles. The second kappa shape index (κ2) is 19.1. The van der Waals surface area contributed by atoms with Gasteiger partial charge in [-0.15, -0.1) is 0 Å². The number of esters is 2. The van der Waals surface area contributed by atoms with Crippen LogP contribution in [0, 0.1) is 110 Å². The van der Waals surface area contributed by atoms with Gasteiger partial charge in [0, 0.05) is 41.3 Å². The van der Waals surface area contributed by atoms with Gasteiger partial charge >= 0.3 is 11.9 Å². The van der Waals surface area contributed by atoms with Gasteiger partial charge in [0.25, 0.3) is 0 Å². The molecule has 1 aromatic carbocycles. The summed E-state index contributed by atoms with van der Waals surface area (Å²) in [6, 6.07) is 13.2. The van der Waals surface area contributed by atoms with Gasteiger partial charge in [0.1, 0.15) is 35.8 Å². The van der Waals surface area contributed by atoms with E-state index in [0.717, 1.165) is 115 Å². The molecular weight excluding hydrogens is 1080 g/mol. The predicted octanol–water partition coefficient (Wildman–Crippen LogP) is 10.4. The van der Waals surface area contributed by atoms with E-state index in [0.29, 0.717) is 60.7 Å². The third-order valence-corrected chi connectivity index (χ3v) is 29.9. The second-order valence-corrected chi connectivity index (χ2v) is 32.5. The lowest BCUT2D eigenvalue weighted by Crippen LogP contribution is -2.82. The number of aliphatic hydroxyl groups is 3. The zero-order chi connectivity index (χ0) is 58.1. The summed E-state index contributed by atoms with van der Waals surface area (Å²) in [5.74, 6) is 0.392. The van der Waals surface area contributed by atoms with Crippen molar-refractivity contribution in [2.45, 2.75) is 209 Å². The van der Waals surface area contributed by atoms with Gasteiger partial charge in [0.2, 0.25) is 0 Å². The summed E-state index contributed by atoms with van der Waals surface area (Å²) in [5, 5.41) is 41.3. The van der Waals surface area contributed by atoms with E-state index in [2.05, 4.69) is 72.7 Å². The Bertz CT molecular complexity index is 3150. The molecule has 0 amide bonds. The van der Waals surface area contributed by atoms with Crippen LogP contribution in [0.3, 0.4) is 0 Å². The largest absolute Gasteiger partial charge is 0.469 e. The fourth-order valence-electron chi connectivity index (χ4n) is 27.4. The quantitative estimate of drug-likeness (QED) is 0.0949. The van der Waals surface area contributed by atoms with E-state index >= 15 is 14.4 Å². The van der Waals surface area contributed by atoms with E-state index in [-0.39, 0.29) is 72.3 Å². The van der Waals surface area contributed by atoms with Crippen molar-refractivity contribution in [3.63, 3.8) is 0 Å². The minimum absolute atomic E-state index is 0.0276. The lowest BCUT2D eigenvalue weighted by atomic mass is 9.29. The number of rotatable bonds is 11. The Morgan fingerprint density at radius 3 is 2.53 bits per heavy atom. The molecule has 16 aliphatic rings. The molecule has 13 nitrogen and oxygen atoms in total. The summed E-state index contributed by atoms with van der Waals surface area (Å²) >= 11 is 0. The molecule has 13 heteroatoms. The molecule has 9 saturated carbocycles. The van der Waals surface area contributed by atoms with Crippen molar-refractivity contribution in [2.24, 2.45) is 110 Å². The Morgan fingerprint density at radius 1 is 0.849 bits per heavy atom. The Hall–Kier alpha value is -3.85. The molecule has 1 aromatic heterocycles. The Balaban J connectivity index is 0.818. The number of cyclic esters (lactones) is 2. The molecule has 0 unspecified atom stereocenters. The minimum atomic E-state index is -1.48. The number of ketones is 1. The maximum Gasteiger partial charge on any atom is 0.339 e. The molecule has 26 atom stereocenters. The highest BCUT2D eigenvalue weighted by Crippen LogP contribution is 2.90. The first-order valence-corrected chi connectivity index (χ1v) is 35.0. The Kier molecular flexibility index (Phi) is 12.2. The van der Waals surface area contributed by atoms with Crippen LogP contribution in [0.1, 0.15) is 172 Å². The summed E-state index contributed by atoms with van der Waals surface area (Å²) < 4.78 is 37.1. The zero-order valence-corrected chi connectivity index (χ0v) is 51.0. The topological polar surface area (TPSA) is 181 Å². The fourth-order valence-corrected chi connectivity index (χ4v) is 27.4. The van der Waals surface area contributed by atoms with Crippen molar-refractivity contribution in [1.82, 2.24) is 10.2 Å². The molecular formula is C73H94N2O11. The molecule has 8 heterocycles. The second-order valence-electron chi connectivity index (χ2n) is 32.5. The number of furan rings is 1. The molecule has 14 fully saturated rings. The molecule has 4 N–H and O–H groups in total. The van der Waals surface area contributed by atoms with Crippen molar-refractivity contribution in [2.75, 3.05) is 26.4 Å². The Labute approximate surface area is 507 Å². The highest BCUT2D eigenvalue weighted by atomic mass is 16.7. The van der Waals surface area contributed by atoms with Crippen molar-refractivity contribution in [3.8, 4) is 0 Å². The highest BCUT2D eigenvalue weighted by molar-refractivity contribution is 5.94. The van der Waals surface area contributed by atoms with Crippen molar-refractivity contribution in [1.29, 1.82) is 0 Å². The van der Waals surface area contributed by atoms with Gasteiger partial charge in [0.15, 0.2) is 11.9 Å². The molecule has 5 spiro atoms. The van der Waals surface area contributed by atoms with E-state index in [1.807, 2.05) is 6.07 Å². The number of nitrogens with zero attached hydrogens (tertiary/aromatic N) is 1. The average Bonchev–Trinajstić information content (AvgIpc) is 1.40. The maximum atomic E-state index is 17.6. The third kappa shape index (κ3) is 6.68. The number of benzene rings is 1. The van der Waals surface area contributed by atoms with Crippen LogP contribution in [-0.2, 0) is 46.2 Å². The maximum absolute atomic E-state index is 17.6. The van der Waals surface area contributed by atoms with Gasteiger partial charge < -0.3 is 43.6 Å². The first-order valence-electron chi connectivity index (χ1n) is 35.0. The van der Waals surface area contributed by atoms with E-state index in [1.165, 1.54) is 43.2 Å². The van der Waals surface area contributed by atoms with Crippen LogP contribution >= 0.6 is 0 Å². The van der Waals surface area contributed by atoms with E-state index < -0.39 is 80.7 Å². The molecule has 9 aliphatic carbocycles. The number of Topliss-reactive ketones (excluding diaryl/α,β-unsaturated/α-hetero) is 1. The van der Waals surface area contributed by atoms with Gasteiger partial charge in [-0.25, -0.2) is 4.79 Å². The van der Waals surface area contributed by atoms with Crippen LogP contribution in [0.2, 0.25) is 0 Å². The fraction of sp³-hybridized carbons (Fsp3) is 0.767. The summed E-state index contributed by atoms with van der Waals surface area (Å²) in [4.78, 5) is 51.6. The van der Waals surface area contributed by atoms with Crippen molar-refractivity contribution >= 4 is 17.7 Å². The number of epoxide rings is 1. The number of allylic oxidation sites excluding steroid dienone is 1. The molecule has 7 aliphatic heterocycles. The number of carbonyl (C=O) groups excluding carboxylic acids is 3. The van der Waals surface area contributed by atoms with Crippen LogP contribution in [-0.4, -0.2) is 106 Å². The summed E-state index contributed by atoms with van der Waals surface area (Å²) in [6.07, 6.45) is 26.4. The third-order valence-electron chi connectivity index (χ3n) is 29.9. The normalized spacial score (nSPS) is 50.8. The van der Waals surface area contributed by atoms with Gasteiger partial charge in [-0.05, 0) is 183 Å². The van der Waals surface area contributed by atoms with Crippen LogP contribution in [0.15, 0.2) is 71.0 Å². The summed E-state index contributed by atoms with van der Waals surface area (Å²) in [5.41, 5.74) is -3.81. The lowest BCUT2D eigenvalue weighted by molar-refractivity contribution is -0.301. The van der Waals surface area contributed by atoms with Gasteiger partial charge in [-0.1, -0.05) is 114 Å². The van der Waals surface area contributed by atoms with Gasteiger partial charge in [-0.3, -0.25) is 14.9 Å². The minimum Gasteiger partial charge on any atom is -0.469 e. The summed E-state index contributed by atoms with van der Waals surface area (Å²) in [7, 11) is 0. The molecule has 18 rings (SSSR count). The average molecular weight is 1180 g/mol. The van der Waals surface area contributed by atoms with Crippen molar-refractivity contribution < 1.29 is 53.1 Å². The first kappa shape index (κ1) is 55.0. The molecule has 0 radical (unpaired) electrons. The highest BCUT2D eigenvalue weighted by Gasteiger charge is 2.99. The van der Waals surface area contributed by atoms with Crippen LogP contribution in [0.5, 0.6) is 0 Å². The number of ether oxygens (including phenoxy) is 4. The van der Waals surface area contributed by atoms with E-state index in [4.69, 9.17) is 23.4 Å². The smallest absolute Gasteiger partial charge is 0.339 e. The van der Waals surface area contributed by atoms with Crippen LogP contribution < -0.4 is 5.32 Å². The van der Waals surface area contributed by atoms with E-state index in [1.54, 1.807) is 6.26 Å². The number of nitrogens with one attached hydrogen (secondary N) is 1. The molecule has 2 aromatic rings. The van der Waals surface area contributed by atoms with Crippen molar-refractivity contribution in [3.05, 3.63) is 83.5 Å². The zero-order valence-electron chi connectivity index (χ0n) is 51.0. The van der Waals surface area contributed by atoms with E-state index in [9.17, 15) is 15.3 Å². The Morgan fingerprint density at radius 2 is 1.69 bits per heavy atom. The SMILES string of the molecule is C[C@H](C1CCCCC1)[C@@H]1CCC[C@]23O[C@]45C(=C[C@@H]12)C[C@@H]1CCC[C@]12C[C@@H]1C[C@@]6(C)[C@H](c7ccoc7C[C@@H]([C@@H]7CC[C@H]8[C@H](C=CN9CNC[C@@H]89)C7)[C@H](O)CO)OC(=O)[C@H]7O[C@]76[C@]6([C@H]7CCC[C@H](Cc8ccccc8)C7)[C@H](O)C(=O)[C@H]3[C@@]4(COC(=O)[C@@H]25)[C@@H]16. The molecule has 5 bridgehead atoms.